The van der Waals surface area contributed by atoms with Crippen LogP contribution in [0, 0.1) is 6.92 Å². The monoisotopic (exact) mass is 462 g/mol. The second kappa shape index (κ2) is 10.6. The second-order valence-corrected chi connectivity index (χ2v) is 9.77. The molecule has 0 spiro atoms. The molecular weight excluding hydrogens is 432 g/mol. The lowest BCUT2D eigenvalue weighted by Gasteiger charge is -2.25. The zero-order valence-electron chi connectivity index (χ0n) is 18.7. The van der Waals surface area contributed by atoms with Gasteiger partial charge in [0.25, 0.3) is 0 Å². The lowest BCUT2D eigenvalue weighted by Crippen LogP contribution is -2.37. The van der Waals surface area contributed by atoms with E-state index in [2.05, 4.69) is 5.32 Å². The van der Waals surface area contributed by atoms with Crippen molar-refractivity contribution in [2.75, 3.05) is 36.9 Å². The Morgan fingerprint density at radius 1 is 1.12 bits per heavy atom. The van der Waals surface area contributed by atoms with Crippen molar-refractivity contribution in [2.45, 2.75) is 32.7 Å². The zero-order valence-corrected chi connectivity index (χ0v) is 19.5. The van der Waals surface area contributed by atoms with Crippen LogP contribution < -0.4 is 23.8 Å². The Labute approximate surface area is 189 Å². The average molecular weight is 463 g/mol. The number of fused-ring (bicyclic) bond motifs is 1. The summed E-state index contributed by atoms with van der Waals surface area (Å²) >= 11 is 0. The maximum atomic E-state index is 12.3. The number of hydrogen-bond donors (Lipinski definition) is 1. The van der Waals surface area contributed by atoms with E-state index in [1.54, 1.807) is 18.2 Å². The minimum absolute atomic E-state index is 0.152. The van der Waals surface area contributed by atoms with Crippen LogP contribution in [0.2, 0.25) is 0 Å². The van der Waals surface area contributed by atoms with Gasteiger partial charge in [-0.05, 0) is 44.5 Å². The van der Waals surface area contributed by atoms with Crippen molar-refractivity contribution < 1.29 is 27.4 Å². The number of ether oxygens (including phenoxy) is 3. The van der Waals surface area contributed by atoms with Crippen LogP contribution in [-0.2, 0) is 14.8 Å². The molecule has 1 aliphatic rings. The molecule has 8 nitrogen and oxygen atoms in total. The van der Waals surface area contributed by atoms with Crippen LogP contribution in [0.5, 0.6) is 17.2 Å². The molecule has 1 N–H and O–H groups in total. The standard InChI is InChI=1S/C23H30N2O6S/c1-17-6-9-20(10-7-17)31-16-18(2)24-23(26)5-4-12-25(32(3,27)28)19-8-11-21-22(15-19)30-14-13-29-21/h6-11,15,18H,4-5,12-14,16H2,1-3H3,(H,24,26)/t18-/m1/s1. The zero-order chi connectivity index (χ0) is 23.1. The fourth-order valence-electron chi connectivity index (χ4n) is 3.30. The predicted octanol–water partition coefficient (Wildman–Crippen LogP) is 2.90. The summed E-state index contributed by atoms with van der Waals surface area (Å²) in [5.74, 6) is 1.71. The van der Waals surface area contributed by atoms with Gasteiger partial charge in [0.05, 0.1) is 18.0 Å². The van der Waals surface area contributed by atoms with Gasteiger partial charge in [-0.1, -0.05) is 17.7 Å². The number of hydrogen-bond acceptors (Lipinski definition) is 6. The summed E-state index contributed by atoms with van der Waals surface area (Å²) in [4.78, 5) is 12.3. The Kier molecular flexibility index (Phi) is 7.84. The normalized spacial score (nSPS) is 13.8. The Morgan fingerprint density at radius 2 is 1.81 bits per heavy atom. The van der Waals surface area contributed by atoms with Crippen molar-refractivity contribution in [1.29, 1.82) is 0 Å². The summed E-state index contributed by atoms with van der Waals surface area (Å²) in [6, 6.07) is 12.6. The van der Waals surface area contributed by atoms with E-state index in [0.717, 1.165) is 17.6 Å². The number of carbonyl (C=O) groups excluding carboxylic acids is 1. The van der Waals surface area contributed by atoms with E-state index in [1.807, 2.05) is 38.1 Å². The quantitative estimate of drug-likeness (QED) is 0.584. The molecule has 1 amide bonds. The van der Waals surface area contributed by atoms with Crippen LogP contribution in [-0.4, -0.2) is 53.0 Å². The van der Waals surface area contributed by atoms with Gasteiger partial charge in [0.15, 0.2) is 11.5 Å². The maximum Gasteiger partial charge on any atom is 0.232 e. The van der Waals surface area contributed by atoms with Gasteiger partial charge >= 0.3 is 0 Å². The summed E-state index contributed by atoms with van der Waals surface area (Å²) in [5.41, 5.74) is 1.63. The Hall–Kier alpha value is -2.94. The highest BCUT2D eigenvalue weighted by Crippen LogP contribution is 2.34. The molecule has 1 heterocycles. The van der Waals surface area contributed by atoms with E-state index in [-0.39, 0.29) is 24.9 Å². The first kappa shape index (κ1) is 23.7. The van der Waals surface area contributed by atoms with Crippen LogP contribution in [0.1, 0.15) is 25.3 Å². The lowest BCUT2D eigenvalue weighted by molar-refractivity contribution is -0.121. The van der Waals surface area contributed by atoms with Crippen LogP contribution in [0.25, 0.3) is 0 Å². The SMILES string of the molecule is Cc1ccc(OC[C@@H](C)NC(=O)CCCN(c2ccc3c(c2)OCCO3)S(C)(=O)=O)cc1. The van der Waals surface area contributed by atoms with E-state index in [4.69, 9.17) is 14.2 Å². The van der Waals surface area contributed by atoms with E-state index in [1.165, 1.54) is 4.31 Å². The van der Waals surface area contributed by atoms with Gasteiger partial charge in [0.2, 0.25) is 15.9 Å². The number of nitrogens with one attached hydrogen (secondary N) is 1. The summed E-state index contributed by atoms with van der Waals surface area (Å²) in [5, 5.41) is 2.89. The van der Waals surface area contributed by atoms with Crippen molar-refractivity contribution in [3.63, 3.8) is 0 Å². The van der Waals surface area contributed by atoms with E-state index in [0.29, 0.717) is 43.4 Å². The summed E-state index contributed by atoms with van der Waals surface area (Å²) in [6.45, 7) is 5.28. The summed E-state index contributed by atoms with van der Waals surface area (Å²) < 4.78 is 42.7. The third-order valence-corrected chi connectivity index (χ3v) is 6.10. The number of sulfonamides is 1. The van der Waals surface area contributed by atoms with Crippen LogP contribution >= 0.6 is 0 Å². The molecule has 1 atom stereocenters. The van der Waals surface area contributed by atoms with Crippen molar-refractivity contribution in [3.8, 4) is 17.2 Å². The predicted molar refractivity (Wildman–Crippen MR) is 123 cm³/mol. The topological polar surface area (TPSA) is 94.2 Å². The molecule has 174 valence electrons. The molecule has 0 saturated heterocycles. The molecule has 0 aliphatic carbocycles. The number of aryl methyl sites for hydroxylation is 1. The molecule has 0 fully saturated rings. The minimum Gasteiger partial charge on any atom is -0.491 e. The molecule has 3 rings (SSSR count). The van der Waals surface area contributed by atoms with Crippen molar-refractivity contribution in [2.24, 2.45) is 0 Å². The lowest BCUT2D eigenvalue weighted by atomic mass is 10.2. The summed E-state index contributed by atoms with van der Waals surface area (Å²) in [7, 11) is -3.52. The molecule has 9 heteroatoms. The van der Waals surface area contributed by atoms with Gasteiger partial charge in [-0.15, -0.1) is 0 Å². The third kappa shape index (κ3) is 6.78. The Morgan fingerprint density at radius 3 is 2.50 bits per heavy atom. The first-order chi connectivity index (χ1) is 15.2. The van der Waals surface area contributed by atoms with Gasteiger partial charge < -0.3 is 19.5 Å². The van der Waals surface area contributed by atoms with E-state index in [9.17, 15) is 13.2 Å². The largest absolute Gasteiger partial charge is 0.491 e. The van der Waals surface area contributed by atoms with Gasteiger partial charge in [0, 0.05) is 19.0 Å². The smallest absolute Gasteiger partial charge is 0.232 e. The minimum atomic E-state index is -3.52. The van der Waals surface area contributed by atoms with Crippen LogP contribution in [0.15, 0.2) is 42.5 Å². The first-order valence-electron chi connectivity index (χ1n) is 10.6. The Balaban J connectivity index is 1.49. The average Bonchev–Trinajstić information content (AvgIpc) is 2.75. The summed E-state index contributed by atoms with van der Waals surface area (Å²) in [6.07, 6.45) is 1.72. The van der Waals surface area contributed by atoms with Gasteiger partial charge in [-0.25, -0.2) is 8.42 Å². The number of carbonyl (C=O) groups is 1. The molecule has 32 heavy (non-hydrogen) atoms. The fraction of sp³-hybridized carbons (Fsp3) is 0.435. The molecule has 0 bridgehead atoms. The highest BCUT2D eigenvalue weighted by Gasteiger charge is 2.21. The Bertz CT molecular complexity index is 1020. The first-order valence-corrected chi connectivity index (χ1v) is 12.4. The number of anilines is 1. The van der Waals surface area contributed by atoms with Gasteiger partial charge in [-0.2, -0.15) is 0 Å². The van der Waals surface area contributed by atoms with Gasteiger partial charge in [-0.3, -0.25) is 9.10 Å². The van der Waals surface area contributed by atoms with Crippen molar-refractivity contribution in [1.82, 2.24) is 5.32 Å². The van der Waals surface area contributed by atoms with Crippen LogP contribution in [0.4, 0.5) is 5.69 Å². The molecule has 2 aromatic carbocycles. The fourth-order valence-corrected chi connectivity index (χ4v) is 4.26. The molecule has 0 radical (unpaired) electrons. The molecule has 0 saturated carbocycles. The number of benzene rings is 2. The molecular formula is C23H30N2O6S. The molecule has 1 aliphatic heterocycles. The van der Waals surface area contributed by atoms with E-state index >= 15 is 0 Å². The van der Waals surface area contributed by atoms with E-state index < -0.39 is 10.0 Å². The second-order valence-electron chi connectivity index (χ2n) is 7.86. The number of nitrogens with zero attached hydrogens (tertiary/aromatic N) is 1. The van der Waals surface area contributed by atoms with Gasteiger partial charge in [0.1, 0.15) is 25.6 Å². The van der Waals surface area contributed by atoms with Crippen molar-refractivity contribution in [3.05, 3.63) is 48.0 Å². The third-order valence-electron chi connectivity index (χ3n) is 4.91. The number of rotatable bonds is 10. The van der Waals surface area contributed by atoms with Crippen LogP contribution in [0.3, 0.4) is 0 Å². The highest BCUT2D eigenvalue weighted by atomic mass is 32.2. The maximum absolute atomic E-state index is 12.3. The van der Waals surface area contributed by atoms with Crippen molar-refractivity contribution >= 4 is 21.6 Å². The molecule has 0 aromatic heterocycles. The highest BCUT2D eigenvalue weighted by molar-refractivity contribution is 7.92. The molecule has 2 aromatic rings. The number of amides is 1. The molecule has 0 unspecified atom stereocenters.